The molecule has 0 saturated heterocycles. The van der Waals surface area contributed by atoms with Crippen LogP contribution in [0.4, 0.5) is 0 Å². The minimum Gasteiger partial charge on any atom is -0.173 e. The summed E-state index contributed by atoms with van der Waals surface area (Å²) in [5, 5.41) is 0. The van der Waals surface area contributed by atoms with E-state index in [9.17, 15) is 0 Å². The zero-order chi connectivity index (χ0) is 22.3. The first-order chi connectivity index (χ1) is 15.6. The van der Waals surface area contributed by atoms with E-state index in [2.05, 4.69) is 97.1 Å². The van der Waals surface area contributed by atoms with E-state index in [4.69, 9.17) is 0 Å². The smallest absolute Gasteiger partial charge is 0.112 e. The van der Waals surface area contributed by atoms with E-state index >= 15 is 0 Å². The molecule has 0 radical (unpaired) electrons. The molecule has 0 aliphatic heterocycles. The van der Waals surface area contributed by atoms with Crippen LogP contribution in [0.3, 0.4) is 0 Å². The third kappa shape index (κ3) is 3.14. The molecule has 2 nitrogen and oxygen atoms in total. The summed E-state index contributed by atoms with van der Waals surface area (Å²) >= 11 is 1.31. The fourth-order valence-corrected chi connectivity index (χ4v) is 6.34. The normalized spacial score (nSPS) is 14.2. The van der Waals surface area contributed by atoms with Crippen LogP contribution in [0.5, 0.6) is 0 Å². The van der Waals surface area contributed by atoms with Crippen LogP contribution in [-0.4, -0.2) is 8.75 Å². The summed E-state index contributed by atoms with van der Waals surface area (Å²) in [6, 6.07) is 18.5. The van der Waals surface area contributed by atoms with Gasteiger partial charge < -0.3 is 0 Å². The van der Waals surface area contributed by atoms with Gasteiger partial charge in [0.15, 0.2) is 0 Å². The van der Waals surface area contributed by atoms with E-state index in [-0.39, 0.29) is 5.41 Å². The van der Waals surface area contributed by atoms with Gasteiger partial charge in [0.2, 0.25) is 0 Å². The Kier molecular flexibility index (Phi) is 5.46. The molecule has 4 aromatic rings. The van der Waals surface area contributed by atoms with Gasteiger partial charge in [0, 0.05) is 11.0 Å². The number of fused-ring (bicyclic) bond motifs is 4. The Morgan fingerprint density at radius 2 is 1.47 bits per heavy atom. The molecule has 3 heteroatoms. The second kappa shape index (κ2) is 8.29. The zero-order valence-corrected chi connectivity index (χ0v) is 20.2. The lowest BCUT2D eigenvalue weighted by molar-refractivity contribution is 0.436. The Morgan fingerprint density at radius 1 is 0.812 bits per heavy atom. The Bertz CT molecular complexity index is 1320. The lowest BCUT2D eigenvalue weighted by Gasteiger charge is -2.32. The molecule has 0 amide bonds. The van der Waals surface area contributed by atoms with Crippen LogP contribution >= 0.6 is 11.7 Å². The molecule has 32 heavy (non-hydrogen) atoms. The third-order valence-corrected chi connectivity index (χ3v) is 7.55. The highest BCUT2D eigenvalue weighted by atomic mass is 32.1. The number of hydrogen-bond donors (Lipinski definition) is 0. The second-order valence-electron chi connectivity index (χ2n) is 9.04. The molecular formula is C29H30N2S. The van der Waals surface area contributed by atoms with Crippen molar-refractivity contribution in [3.63, 3.8) is 0 Å². The van der Waals surface area contributed by atoms with Crippen molar-refractivity contribution in [2.45, 2.75) is 58.8 Å². The molecule has 1 aliphatic carbocycles. The van der Waals surface area contributed by atoms with Crippen molar-refractivity contribution in [1.82, 2.24) is 8.75 Å². The molecule has 162 valence electrons. The molecule has 0 N–H and O–H groups in total. The number of hydrogen-bond acceptors (Lipinski definition) is 3. The zero-order valence-electron chi connectivity index (χ0n) is 19.4. The maximum atomic E-state index is 4.65. The minimum atomic E-state index is 0.0753. The Hall–Kier alpha value is -2.78. The number of rotatable bonds is 6. The topological polar surface area (TPSA) is 25.8 Å². The van der Waals surface area contributed by atoms with E-state index < -0.39 is 0 Å². The van der Waals surface area contributed by atoms with Gasteiger partial charge in [-0.15, -0.1) is 0 Å². The Balaban J connectivity index is 1.75. The van der Waals surface area contributed by atoms with Crippen molar-refractivity contribution in [3.8, 4) is 22.3 Å². The molecule has 0 spiro atoms. The standard InChI is InChI=1S/C29H30N2S/c1-5-8-20-10-13-23-24-14-11-21(22-12-9-19(4)27-28(22)31-32-30-27)18-26(24)29(15-6-2,16-7-3)25(23)17-20/h5,8-14,17-18H,6-7,15-16H2,1-4H3/b8-5+. The molecule has 0 fully saturated rings. The molecule has 5 rings (SSSR count). The Morgan fingerprint density at radius 3 is 2.19 bits per heavy atom. The molecule has 3 aromatic carbocycles. The van der Waals surface area contributed by atoms with Gasteiger partial charge in [0.05, 0.1) is 11.7 Å². The van der Waals surface area contributed by atoms with Crippen LogP contribution in [0.15, 0.2) is 54.6 Å². The summed E-state index contributed by atoms with van der Waals surface area (Å²) in [6.45, 7) is 8.84. The maximum absolute atomic E-state index is 4.65. The summed E-state index contributed by atoms with van der Waals surface area (Å²) in [5.41, 5.74) is 12.9. The largest absolute Gasteiger partial charge is 0.173 e. The van der Waals surface area contributed by atoms with Gasteiger partial charge in [-0.05, 0) is 71.7 Å². The molecule has 1 heterocycles. The summed E-state index contributed by atoms with van der Waals surface area (Å²) in [4.78, 5) is 0. The van der Waals surface area contributed by atoms with Crippen LogP contribution in [0.1, 0.15) is 68.7 Å². The van der Waals surface area contributed by atoms with Crippen LogP contribution in [0.25, 0.3) is 39.4 Å². The molecule has 0 unspecified atom stereocenters. The average molecular weight is 439 g/mol. The molecule has 0 saturated carbocycles. The van der Waals surface area contributed by atoms with Gasteiger partial charge in [-0.2, -0.15) is 8.75 Å². The first-order valence-corrected chi connectivity index (χ1v) is 12.5. The van der Waals surface area contributed by atoms with Gasteiger partial charge in [-0.1, -0.05) is 81.3 Å². The third-order valence-electron chi connectivity index (χ3n) is 7.03. The number of aromatic nitrogens is 2. The van der Waals surface area contributed by atoms with Gasteiger partial charge in [-0.25, -0.2) is 0 Å². The van der Waals surface area contributed by atoms with Crippen molar-refractivity contribution in [3.05, 3.63) is 76.9 Å². The predicted molar refractivity (Wildman–Crippen MR) is 138 cm³/mol. The van der Waals surface area contributed by atoms with E-state index in [1.165, 1.54) is 81.9 Å². The van der Waals surface area contributed by atoms with E-state index in [1.807, 2.05) is 0 Å². The molecule has 0 atom stereocenters. The lowest BCUT2D eigenvalue weighted by atomic mass is 9.71. The van der Waals surface area contributed by atoms with Crippen LogP contribution in [0, 0.1) is 6.92 Å². The van der Waals surface area contributed by atoms with Gasteiger partial charge in [0.25, 0.3) is 0 Å². The predicted octanol–water partition coefficient (Wildman–Crippen LogP) is 8.57. The molecule has 0 bridgehead atoms. The van der Waals surface area contributed by atoms with Gasteiger partial charge >= 0.3 is 0 Å². The second-order valence-corrected chi connectivity index (χ2v) is 9.57. The quantitative estimate of drug-likeness (QED) is 0.301. The summed E-state index contributed by atoms with van der Waals surface area (Å²) in [5.74, 6) is 0. The molecule has 1 aromatic heterocycles. The first kappa shape index (κ1) is 21.1. The van der Waals surface area contributed by atoms with Crippen LogP contribution < -0.4 is 0 Å². The minimum absolute atomic E-state index is 0.0753. The van der Waals surface area contributed by atoms with Crippen molar-refractivity contribution < 1.29 is 0 Å². The van der Waals surface area contributed by atoms with E-state index in [0.29, 0.717) is 0 Å². The van der Waals surface area contributed by atoms with Crippen molar-refractivity contribution in [2.75, 3.05) is 0 Å². The summed E-state index contributed by atoms with van der Waals surface area (Å²) in [7, 11) is 0. The Labute approximate surface area is 195 Å². The van der Waals surface area contributed by atoms with Crippen molar-refractivity contribution >= 4 is 28.8 Å². The summed E-state index contributed by atoms with van der Waals surface area (Å²) < 4.78 is 9.20. The first-order valence-electron chi connectivity index (χ1n) is 11.8. The van der Waals surface area contributed by atoms with E-state index in [0.717, 1.165) is 11.0 Å². The highest BCUT2D eigenvalue weighted by Crippen LogP contribution is 2.55. The maximum Gasteiger partial charge on any atom is 0.112 e. The number of allylic oxidation sites excluding steroid dienone is 1. The monoisotopic (exact) mass is 438 g/mol. The van der Waals surface area contributed by atoms with Crippen LogP contribution in [-0.2, 0) is 5.41 Å². The fraction of sp³-hybridized carbons (Fsp3) is 0.310. The SMILES string of the molecule is C/C=C/c1ccc2c(c1)C(CCC)(CCC)c1cc(-c3ccc(C)c4nsnc34)ccc1-2. The number of aryl methyl sites for hydroxylation is 1. The summed E-state index contributed by atoms with van der Waals surface area (Å²) in [6.07, 6.45) is 9.03. The van der Waals surface area contributed by atoms with Crippen LogP contribution in [0.2, 0.25) is 0 Å². The number of benzene rings is 3. The molecular weight excluding hydrogens is 408 g/mol. The average Bonchev–Trinajstić information content (AvgIpc) is 3.38. The lowest BCUT2D eigenvalue weighted by Crippen LogP contribution is -2.25. The van der Waals surface area contributed by atoms with Crippen molar-refractivity contribution in [2.24, 2.45) is 0 Å². The molecule has 1 aliphatic rings. The van der Waals surface area contributed by atoms with Gasteiger partial charge in [0.1, 0.15) is 11.0 Å². The number of nitrogens with zero attached hydrogens (tertiary/aromatic N) is 2. The van der Waals surface area contributed by atoms with Crippen molar-refractivity contribution in [1.29, 1.82) is 0 Å². The fourth-order valence-electron chi connectivity index (χ4n) is 5.72. The highest BCUT2D eigenvalue weighted by molar-refractivity contribution is 7.00. The van der Waals surface area contributed by atoms with E-state index in [1.54, 1.807) is 0 Å². The van der Waals surface area contributed by atoms with Gasteiger partial charge in [-0.3, -0.25) is 0 Å². The highest BCUT2D eigenvalue weighted by Gasteiger charge is 2.42.